The standard InChI is InChI=1S/C22H18O2/c1-24-21-14-12-20(13-15-21)22(23,19-10-6-3-7-11-19)17-16-18-8-4-2-5-9-18/h2-15,23H,1H3/t22-/m1/s1. The fraction of sp³-hybridized carbons (Fsp3) is 0.0909. The van der Waals surface area contributed by atoms with E-state index in [-0.39, 0.29) is 0 Å². The molecule has 0 aliphatic carbocycles. The van der Waals surface area contributed by atoms with Crippen molar-refractivity contribution in [3.63, 3.8) is 0 Å². The molecular formula is C22H18O2. The van der Waals surface area contributed by atoms with Crippen LogP contribution in [0, 0.1) is 11.8 Å². The van der Waals surface area contributed by atoms with Gasteiger partial charge in [0.15, 0.2) is 5.60 Å². The molecule has 3 rings (SSSR count). The van der Waals surface area contributed by atoms with Crippen LogP contribution in [0.15, 0.2) is 84.9 Å². The van der Waals surface area contributed by atoms with Crippen molar-refractivity contribution in [1.29, 1.82) is 0 Å². The Hall–Kier alpha value is -3.02. The first-order valence-corrected chi connectivity index (χ1v) is 7.73. The summed E-state index contributed by atoms with van der Waals surface area (Å²) < 4.78 is 5.20. The Balaban J connectivity index is 2.09. The Labute approximate surface area is 142 Å². The first-order valence-electron chi connectivity index (χ1n) is 7.73. The van der Waals surface area contributed by atoms with Gasteiger partial charge in [0.05, 0.1) is 7.11 Å². The van der Waals surface area contributed by atoms with Gasteiger partial charge in [-0.25, -0.2) is 0 Å². The minimum Gasteiger partial charge on any atom is -0.497 e. The van der Waals surface area contributed by atoms with Crippen LogP contribution in [-0.2, 0) is 5.60 Å². The monoisotopic (exact) mass is 314 g/mol. The lowest BCUT2D eigenvalue weighted by molar-refractivity contribution is 0.145. The molecule has 0 saturated carbocycles. The second-order valence-electron chi connectivity index (χ2n) is 5.42. The quantitative estimate of drug-likeness (QED) is 0.741. The van der Waals surface area contributed by atoms with Crippen LogP contribution in [0.1, 0.15) is 16.7 Å². The molecule has 0 aliphatic heterocycles. The van der Waals surface area contributed by atoms with Gasteiger partial charge in [0, 0.05) is 16.7 Å². The van der Waals surface area contributed by atoms with E-state index in [1.165, 1.54) is 0 Å². The van der Waals surface area contributed by atoms with Gasteiger partial charge in [-0.3, -0.25) is 0 Å². The van der Waals surface area contributed by atoms with E-state index in [1.807, 2.05) is 84.9 Å². The third-order valence-electron chi connectivity index (χ3n) is 3.86. The van der Waals surface area contributed by atoms with Gasteiger partial charge in [-0.05, 0) is 24.3 Å². The van der Waals surface area contributed by atoms with Crippen LogP contribution in [-0.4, -0.2) is 12.2 Å². The van der Waals surface area contributed by atoms with Crippen molar-refractivity contribution in [3.05, 3.63) is 102 Å². The average Bonchev–Trinajstić information content (AvgIpc) is 2.68. The SMILES string of the molecule is COc1ccc([C@@](O)(C#Cc2ccccc2)c2ccccc2)cc1. The summed E-state index contributed by atoms with van der Waals surface area (Å²) in [7, 11) is 1.62. The number of hydrogen-bond acceptors (Lipinski definition) is 2. The molecule has 0 amide bonds. The van der Waals surface area contributed by atoms with Crippen LogP contribution >= 0.6 is 0 Å². The van der Waals surface area contributed by atoms with Gasteiger partial charge in [0.25, 0.3) is 0 Å². The number of benzene rings is 3. The summed E-state index contributed by atoms with van der Waals surface area (Å²) in [6.45, 7) is 0. The smallest absolute Gasteiger partial charge is 0.177 e. The first kappa shape index (κ1) is 15.9. The highest BCUT2D eigenvalue weighted by atomic mass is 16.5. The van der Waals surface area contributed by atoms with Crippen LogP contribution in [0.4, 0.5) is 0 Å². The van der Waals surface area contributed by atoms with E-state index in [9.17, 15) is 5.11 Å². The molecule has 0 bridgehead atoms. The number of aliphatic hydroxyl groups is 1. The summed E-state index contributed by atoms with van der Waals surface area (Å²) in [6.07, 6.45) is 0. The van der Waals surface area contributed by atoms with Crippen molar-refractivity contribution < 1.29 is 9.84 Å². The second kappa shape index (κ2) is 7.04. The summed E-state index contributed by atoms with van der Waals surface area (Å²) >= 11 is 0. The minimum atomic E-state index is -1.39. The van der Waals surface area contributed by atoms with E-state index in [2.05, 4.69) is 11.8 Å². The zero-order valence-corrected chi connectivity index (χ0v) is 13.4. The maximum absolute atomic E-state index is 11.4. The molecule has 0 heterocycles. The lowest BCUT2D eigenvalue weighted by Crippen LogP contribution is -2.25. The second-order valence-corrected chi connectivity index (χ2v) is 5.42. The van der Waals surface area contributed by atoms with Gasteiger partial charge < -0.3 is 9.84 Å². The number of methoxy groups -OCH3 is 1. The van der Waals surface area contributed by atoms with E-state index < -0.39 is 5.60 Å². The molecule has 0 radical (unpaired) electrons. The zero-order valence-electron chi connectivity index (χ0n) is 13.4. The molecule has 0 aliphatic rings. The molecular weight excluding hydrogens is 296 g/mol. The maximum atomic E-state index is 11.4. The van der Waals surface area contributed by atoms with Gasteiger partial charge in [-0.1, -0.05) is 72.5 Å². The van der Waals surface area contributed by atoms with Crippen molar-refractivity contribution in [2.24, 2.45) is 0 Å². The van der Waals surface area contributed by atoms with Gasteiger partial charge in [-0.2, -0.15) is 0 Å². The van der Waals surface area contributed by atoms with E-state index in [1.54, 1.807) is 7.11 Å². The Morgan fingerprint density at radius 2 is 1.29 bits per heavy atom. The predicted molar refractivity (Wildman–Crippen MR) is 95.8 cm³/mol. The van der Waals surface area contributed by atoms with E-state index in [0.717, 1.165) is 16.9 Å². The molecule has 3 aromatic rings. The van der Waals surface area contributed by atoms with Crippen molar-refractivity contribution >= 4 is 0 Å². The Kier molecular flexibility index (Phi) is 4.65. The highest BCUT2D eigenvalue weighted by Crippen LogP contribution is 2.30. The summed E-state index contributed by atoms with van der Waals surface area (Å²) in [5, 5.41) is 11.4. The Morgan fingerprint density at radius 1 is 0.750 bits per heavy atom. The molecule has 1 N–H and O–H groups in total. The molecule has 0 spiro atoms. The number of hydrogen-bond donors (Lipinski definition) is 1. The molecule has 2 heteroatoms. The molecule has 0 unspecified atom stereocenters. The summed E-state index contributed by atoms with van der Waals surface area (Å²) in [5.74, 6) is 6.87. The molecule has 2 nitrogen and oxygen atoms in total. The Bertz CT molecular complexity index is 843. The van der Waals surface area contributed by atoms with Crippen molar-refractivity contribution in [1.82, 2.24) is 0 Å². The predicted octanol–water partition coefficient (Wildman–Crippen LogP) is 3.98. The highest BCUT2D eigenvalue weighted by Gasteiger charge is 2.29. The number of rotatable bonds is 3. The van der Waals surface area contributed by atoms with Gasteiger partial charge in [-0.15, -0.1) is 0 Å². The zero-order chi connectivity index (χ0) is 16.8. The summed E-state index contributed by atoms with van der Waals surface area (Å²) in [6, 6.07) is 26.4. The van der Waals surface area contributed by atoms with Crippen LogP contribution in [0.25, 0.3) is 0 Å². The average molecular weight is 314 g/mol. The van der Waals surface area contributed by atoms with Crippen molar-refractivity contribution in [3.8, 4) is 17.6 Å². The Morgan fingerprint density at radius 3 is 1.88 bits per heavy atom. The molecule has 1 atom stereocenters. The molecule has 118 valence electrons. The topological polar surface area (TPSA) is 29.5 Å². The third kappa shape index (κ3) is 3.32. The van der Waals surface area contributed by atoms with Gasteiger partial charge in [0.1, 0.15) is 5.75 Å². The third-order valence-corrected chi connectivity index (χ3v) is 3.86. The fourth-order valence-corrected chi connectivity index (χ4v) is 2.51. The summed E-state index contributed by atoms with van der Waals surface area (Å²) in [5.41, 5.74) is 0.917. The van der Waals surface area contributed by atoms with Crippen LogP contribution < -0.4 is 4.74 Å². The molecule has 0 aromatic heterocycles. The maximum Gasteiger partial charge on any atom is 0.177 e. The normalized spacial score (nSPS) is 12.6. The van der Waals surface area contributed by atoms with E-state index in [4.69, 9.17) is 4.74 Å². The van der Waals surface area contributed by atoms with Crippen LogP contribution in [0.2, 0.25) is 0 Å². The molecule has 0 fully saturated rings. The molecule has 24 heavy (non-hydrogen) atoms. The largest absolute Gasteiger partial charge is 0.497 e. The van der Waals surface area contributed by atoms with Crippen LogP contribution in [0.3, 0.4) is 0 Å². The van der Waals surface area contributed by atoms with E-state index in [0.29, 0.717) is 5.56 Å². The lowest BCUT2D eigenvalue weighted by atomic mass is 9.86. The molecule has 3 aromatic carbocycles. The number of ether oxygens (including phenoxy) is 1. The van der Waals surface area contributed by atoms with Gasteiger partial charge in [0.2, 0.25) is 0 Å². The minimum absolute atomic E-state index is 0.706. The molecule has 0 saturated heterocycles. The summed E-state index contributed by atoms with van der Waals surface area (Å²) in [4.78, 5) is 0. The lowest BCUT2D eigenvalue weighted by Gasteiger charge is -2.23. The first-order chi connectivity index (χ1) is 11.7. The fourth-order valence-electron chi connectivity index (χ4n) is 2.51. The van der Waals surface area contributed by atoms with Crippen molar-refractivity contribution in [2.75, 3.05) is 7.11 Å². The van der Waals surface area contributed by atoms with Crippen LogP contribution in [0.5, 0.6) is 5.75 Å². The highest BCUT2D eigenvalue weighted by molar-refractivity contribution is 5.48. The van der Waals surface area contributed by atoms with E-state index >= 15 is 0 Å². The van der Waals surface area contributed by atoms with Gasteiger partial charge >= 0.3 is 0 Å². The van der Waals surface area contributed by atoms with Crippen molar-refractivity contribution in [2.45, 2.75) is 5.60 Å².